The number of hydrogen-bond acceptors (Lipinski definition) is 5. The lowest BCUT2D eigenvalue weighted by atomic mass is 9.68. The summed E-state index contributed by atoms with van der Waals surface area (Å²) in [5.74, 6) is -0.542. The van der Waals surface area contributed by atoms with Crippen molar-refractivity contribution < 1.29 is 9.59 Å². The monoisotopic (exact) mass is 535 g/mol. The summed E-state index contributed by atoms with van der Waals surface area (Å²) in [6.07, 6.45) is 1.24. The largest absolute Gasteiger partial charge is 0.362 e. The van der Waals surface area contributed by atoms with Crippen LogP contribution in [0.25, 0.3) is 10.2 Å². The molecule has 2 aliphatic rings. The number of aryl methyl sites for hydroxylation is 1. The molecule has 7 heteroatoms. The fraction of sp³-hybridized carbons (Fsp3) is 0.296. The minimum absolute atomic E-state index is 0.106. The lowest BCUT2D eigenvalue weighted by Crippen LogP contribution is -2.39. The van der Waals surface area contributed by atoms with Crippen molar-refractivity contribution in [2.75, 3.05) is 5.32 Å². The molecule has 5 nitrogen and oxygen atoms in total. The molecule has 0 fully saturated rings. The van der Waals surface area contributed by atoms with Gasteiger partial charge in [0.1, 0.15) is 0 Å². The van der Waals surface area contributed by atoms with Gasteiger partial charge in [-0.3, -0.25) is 14.9 Å². The second-order valence-electron chi connectivity index (χ2n) is 9.87. The number of benzene rings is 2. The van der Waals surface area contributed by atoms with Gasteiger partial charge in [-0.25, -0.2) is 4.98 Å². The van der Waals surface area contributed by atoms with Gasteiger partial charge in [-0.1, -0.05) is 65.4 Å². The molecular weight excluding hydrogens is 510 g/mol. The first-order valence-electron chi connectivity index (χ1n) is 11.3. The van der Waals surface area contributed by atoms with Crippen LogP contribution in [-0.4, -0.2) is 16.7 Å². The topological polar surface area (TPSA) is 71.1 Å². The van der Waals surface area contributed by atoms with Crippen molar-refractivity contribution in [3.8, 4) is 0 Å². The third-order valence-corrected chi connectivity index (χ3v) is 7.98. The smallest absolute Gasteiger partial charge is 0.256 e. The van der Waals surface area contributed by atoms with Crippen LogP contribution in [0.4, 0.5) is 5.13 Å². The highest BCUT2D eigenvalue weighted by Crippen LogP contribution is 2.47. The van der Waals surface area contributed by atoms with E-state index in [-0.39, 0.29) is 17.1 Å². The Hall–Kier alpha value is -2.77. The number of amides is 1. The quantitative estimate of drug-likeness (QED) is 0.395. The molecule has 1 aliphatic heterocycles. The van der Waals surface area contributed by atoms with Crippen molar-refractivity contribution in [3.05, 3.63) is 80.6 Å². The van der Waals surface area contributed by atoms with Crippen molar-refractivity contribution >= 4 is 54.3 Å². The summed E-state index contributed by atoms with van der Waals surface area (Å²) in [4.78, 5) is 31.8. The predicted octanol–water partition coefficient (Wildman–Crippen LogP) is 6.61. The van der Waals surface area contributed by atoms with Crippen molar-refractivity contribution in [1.82, 2.24) is 10.3 Å². The van der Waals surface area contributed by atoms with Gasteiger partial charge in [0.15, 0.2) is 10.9 Å². The standard InChI is InChI=1S/C27H26BrN3O2S/c1-14-7-5-6-8-17(14)23-22(15(2)29-19-12-27(3,4)13-20(32)24(19)23)25(33)31-26-30-18-10-9-16(28)11-21(18)34-26/h5-11,23,29H,12-13H2,1-4H3,(H,30,31,33). The van der Waals surface area contributed by atoms with E-state index in [4.69, 9.17) is 0 Å². The maximum Gasteiger partial charge on any atom is 0.256 e. The number of Topliss-reactive ketones (excluding diaryl/α,β-unsaturated/α-hetero) is 1. The number of carbonyl (C=O) groups excluding carboxylic acids is 2. The zero-order valence-electron chi connectivity index (χ0n) is 19.6. The molecule has 174 valence electrons. The molecule has 5 rings (SSSR count). The molecule has 1 amide bonds. The second kappa shape index (κ2) is 8.47. The Kier molecular flexibility index (Phi) is 5.73. The van der Waals surface area contributed by atoms with Gasteiger partial charge in [0.05, 0.1) is 10.2 Å². The highest BCUT2D eigenvalue weighted by Gasteiger charge is 2.43. The van der Waals surface area contributed by atoms with Crippen LogP contribution >= 0.6 is 27.3 Å². The number of nitrogens with one attached hydrogen (secondary N) is 2. The van der Waals surface area contributed by atoms with E-state index in [2.05, 4.69) is 45.4 Å². The number of fused-ring (bicyclic) bond motifs is 1. The van der Waals surface area contributed by atoms with Crippen LogP contribution in [0, 0.1) is 12.3 Å². The molecule has 34 heavy (non-hydrogen) atoms. The second-order valence-corrected chi connectivity index (χ2v) is 11.8. The van der Waals surface area contributed by atoms with Crippen LogP contribution in [0.1, 0.15) is 50.7 Å². The van der Waals surface area contributed by atoms with E-state index in [9.17, 15) is 9.59 Å². The Morgan fingerprint density at radius 3 is 2.71 bits per heavy atom. The Labute approximate surface area is 211 Å². The minimum atomic E-state index is -0.412. The zero-order valence-corrected chi connectivity index (χ0v) is 22.0. The van der Waals surface area contributed by atoms with E-state index < -0.39 is 5.92 Å². The SMILES string of the molecule is CC1=C(C(=O)Nc2nc3ccc(Br)cc3s2)C(c2ccccc2C)C2=C(CC(C)(C)CC2=O)N1. The Balaban J connectivity index is 1.58. The van der Waals surface area contributed by atoms with E-state index in [1.54, 1.807) is 0 Å². The third kappa shape index (κ3) is 4.12. The van der Waals surface area contributed by atoms with Gasteiger partial charge in [-0.15, -0.1) is 0 Å². The fourth-order valence-electron chi connectivity index (χ4n) is 5.08. The van der Waals surface area contributed by atoms with E-state index >= 15 is 0 Å². The lowest BCUT2D eigenvalue weighted by molar-refractivity contribution is -0.118. The van der Waals surface area contributed by atoms with Crippen LogP contribution in [-0.2, 0) is 9.59 Å². The molecule has 2 heterocycles. The number of carbonyl (C=O) groups is 2. The normalized spacial score (nSPS) is 19.8. The number of hydrogen-bond donors (Lipinski definition) is 2. The number of halogens is 1. The van der Waals surface area contributed by atoms with Crippen LogP contribution in [0.15, 0.2) is 69.5 Å². The molecule has 0 spiro atoms. The van der Waals surface area contributed by atoms with Gasteiger partial charge in [-0.2, -0.15) is 0 Å². The summed E-state index contributed by atoms with van der Waals surface area (Å²) in [6.45, 7) is 8.19. The van der Waals surface area contributed by atoms with E-state index in [0.29, 0.717) is 17.1 Å². The minimum Gasteiger partial charge on any atom is -0.362 e. The predicted molar refractivity (Wildman–Crippen MR) is 141 cm³/mol. The number of dihydropyridines is 1. The maximum atomic E-state index is 13.7. The van der Waals surface area contributed by atoms with Gasteiger partial charge in [-0.05, 0) is 55.0 Å². The molecule has 1 atom stereocenters. The molecule has 0 radical (unpaired) electrons. The number of aromatic nitrogens is 1. The van der Waals surface area contributed by atoms with Crippen molar-refractivity contribution in [2.45, 2.75) is 46.5 Å². The number of nitrogens with zero attached hydrogens (tertiary/aromatic N) is 1. The molecule has 0 saturated carbocycles. The fourth-order valence-corrected chi connectivity index (χ4v) is 6.49. The first kappa shape index (κ1) is 23.0. The zero-order chi connectivity index (χ0) is 24.2. The molecule has 1 aliphatic carbocycles. The van der Waals surface area contributed by atoms with Crippen molar-refractivity contribution in [1.29, 1.82) is 0 Å². The average Bonchev–Trinajstić information content (AvgIpc) is 3.13. The highest BCUT2D eigenvalue weighted by molar-refractivity contribution is 9.10. The third-order valence-electron chi connectivity index (χ3n) is 6.55. The maximum absolute atomic E-state index is 13.7. The molecular formula is C27H26BrN3O2S. The van der Waals surface area contributed by atoms with Gasteiger partial charge >= 0.3 is 0 Å². The average molecular weight is 536 g/mol. The summed E-state index contributed by atoms with van der Waals surface area (Å²) < 4.78 is 1.96. The summed E-state index contributed by atoms with van der Waals surface area (Å²) >= 11 is 4.92. The first-order chi connectivity index (χ1) is 16.1. The van der Waals surface area contributed by atoms with Gasteiger partial charge in [0.2, 0.25) is 0 Å². The molecule has 2 aromatic carbocycles. The van der Waals surface area contributed by atoms with Gasteiger partial charge in [0.25, 0.3) is 5.91 Å². The molecule has 1 aromatic heterocycles. The van der Waals surface area contributed by atoms with Crippen molar-refractivity contribution in [2.24, 2.45) is 5.41 Å². The number of anilines is 1. The summed E-state index contributed by atoms with van der Waals surface area (Å²) in [6, 6.07) is 13.9. The van der Waals surface area contributed by atoms with E-state index in [0.717, 1.165) is 49.2 Å². The Bertz CT molecular complexity index is 1420. The molecule has 0 bridgehead atoms. The number of allylic oxidation sites excluding steroid dienone is 3. The number of ketones is 1. The molecule has 1 unspecified atom stereocenters. The van der Waals surface area contributed by atoms with E-state index in [1.165, 1.54) is 11.3 Å². The van der Waals surface area contributed by atoms with E-state index in [1.807, 2.05) is 56.3 Å². The Morgan fingerprint density at radius 2 is 1.94 bits per heavy atom. The summed E-state index contributed by atoms with van der Waals surface area (Å²) in [5, 5.41) is 6.99. The van der Waals surface area contributed by atoms with Crippen LogP contribution < -0.4 is 10.6 Å². The number of rotatable bonds is 3. The van der Waals surface area contributed by atoms with Gasteiger partial charge < -0.3 is 5.32 Å². The molecule has 2 N–H and O–H groups in total. The van der Waals surface area contributed by atoms with Crippen LogP contribution in [0.5, 0.6) is 0 Å². The molecule has 3 aromatic rings. The van der Waals surface area contributed by atoms with Crippen LogP contribution in [0.3, 0.4) is 0 Å². The van der Waals surface area contributed by atoms with Crippen LogP contribution in [0.2, 0.25) is 0 Å². The van der Waals surface area contributed by atoms with Gasteiger partial charge in [0, 0.05) is 39.4 Å². The summed E-state index contributed by atoms with van der Waals surface area (Å²) in [5.41, 5.74) is 5.77. The Morgan fingerprint density at radius 1 is 1.18 bits per heavy atom. The molecule has 0 saturated heterocycles. The number of thiazole rings is 1. The summed E-state index contributed by atoms with van der Waals surface area (Å²) in [7, 11) is 0. The lowest BCUT2D eigenvalue weighted by Gasteiger charge is -2.40. The highest BCUT2D eigenvalue weighted by atomic mass is 79.9. The first-order valence-corrected chi connectivity index (χ1v) is 12.9. The van der Waals surface area contributed by atoms with Crippen molar-refractivity contribution in [3.63, 3.8) is 0 Å².